The molecule has 3 rings (SSSR count). The van der Waals surface area contributed by atoms with Crippen molar-refractivity contribution in [2.24, 2.45) is 0 Å². The van der Waals surface area contributed by atoms with Crippen LogP contribution in [-0.4, -0.2) is 19.6 Å². The van der Waals surface area contributed by atoms with Gasteiger partial charge in [0, 0.05) is 22.6 Å². The molecule has 102 valence electrons. The second-order valence-corrected chi connectivity index (χ2v) is 5.04. The molecular formula is C12H9BrFN5O. The van der Waals surface area contributed by atoms with Crippen LogP contribution in [0.15, 0.2) is 39.9 Å². The largest absolute Gasteiger partial charge is 0.366 e. The monoisotopic (exact) mass is 337 g/mol. The highest BCUT2D eigenvalue weighted by atomic mass is 79.9. The number of hydrogen-bond acceptors (Lipinski definition) is 4. The second-order valence-electron chi connectivity index (χ2n) is 4.12. The minimum atomic E-state index is -0.350. The van der Waals surface area contributed by atoms with Crippen molar-refractivity contribution in [1.29, 1.82) is 0 Å². The number of benzene rings is 1. The van der Waals surface area contributed by atoms with Crippen molar-refractivity contribution < 1.29 is 4.39 Å². The Bertz CT molecular complexity index is 828. The van der Waals surface area contributed by atoms with Crippen LogP contribution in [0.25, 0.3) is 5.65 Å². The van der Waals surface area contributed by atoms with E-state index in [0.29, 0.717) is 17.0 Å². The van der Waals surface area contributed by atoms with Crippen molar-refractivity contribution in [3.05, 3.63) is 56.9 Å². The molecule has 3 aromatic rings. The average molecular weight is 338 g/mol. The van der Waals surface area contributed by atoms with Gasteiger partial charge in [-0.25, -0.2) is 23.7 Å². The Hall–Kier alpha value is -2.22. The summed E-state index contributed by atoms with van der Waals surface area (Å²) in [6.45, 7) is 0.281. The smallest absolute Gasteiger partial charge is 0.348 e. The molecule has 0 spiro atoms. The first-order valence-corrected chi connectivity index (χ1v) is 6.53. The van der Waals surface area contributed by atoms with Crippen LogP contribution >= 0.6 is 15.9 Å². The quantitative estimate of drug-likeness (QED) is 0.765. The summed E-state index contributed by atoms with van der Waals surface area (Å²) in [5, 5.41) is 9.14. The number of hydrogen-bond donors (Lipinski definition) is 2. The molecule has 0 atom stereocenters. The van der Waals surface area contributed by atoms with E-state index in [-0.39, 0.29) is 18.1 Å². The van der Waals surface area contributed by atoms with Crippen LogP contribution in [0.5, 0.6) is 0 Å². The Morgan fingerprint density at radius 2 is 2.25 bits per heavy atom. The van der Waals surface area contributed by atoms with Crippen LogP contribution in [0.4, 0.5) is 10.2 Å². The van der Waals surface area contributed by atoms with E-state index in [1.165, 1.54) is 16.8 Å². The van der Waals surface area contributed by atoms with E-state index in [0.717, 1.165) is 4.47 Å². The zero-order valence-electron chi connectivity index (χ0n) is 10.1. The van der Waals surface area contributed by atoms with Gasteiger partial charge in [0.1, 0.15) is 18.0 Å². The van der Waals surface area contributed by atoms with E-state index in [9.17, 15) is 9.18 Å². The van der Waals surface area contributed by atoms with Crippen molar-refractivity contribution in [3.63, 3.8) is 0 Å². The molecule has 0 radical (unpaired) electrons. The summed E-state index contributed by atoms with van der Waals surface area (Å²) in [6.07, 6.45) is 1.36. The van der Waals surface area contributed by atoms with E-state index in [4.69, 9.17) is 0 Å². The maximum atomic E-state index is 13.6. The number of nitrogens with zero attached hydrogens (tertiary/aromatic N) is 3. The lowest BCUT2D eigenvalue weighted by molar-refractivity contribution is 0.612. The summed E-state index contributed by atoms with van der Waals surface area (Å²) in [5.41, 5.74) is 0.611. The number of H-pyrrole nitrogens is 1. The SMILES string of the molecule is O=c1[nH]nc2cc(NCc3cc(Br)ccc3F)ncn12. The number of nitrogens with one attached hydrogen (secondary N) is 2. The summed E-state index contributed by atoms with van der Waals surface area (Å²) in [7, 11) is 0. The highest BCUT2D eigenvalue weighted by Gasteiger charge is 2.05. The van der Waals surface area contributed by atoms with Crippen molar-refractivity contribution in [1.82, 2.24) is 19.6 Å². The molecule has 2 heterocycles. The zero-order chi connectivity index (χ0) is 14.1. The number of aromatic nitrogens is 4. The van der Waals surface area contributed by atoms with E-state index in [1.807, 2.05) is 0 Å². The van der Waals surface area contributed by atoms with Crippen molar-refractivity contribution in [2.45, 2.75) is 6.54 Å². The van der Waals surface area contributed by atoms with E-state index in [2.05, 4.69) is 36.4 Å². The number of aromatic amines is 1. The fourth-order valence-corrected chi connectivity index (χ4v) is 2.18. The molecule has 0 aliphatic carbocycles. The van der Waals surface area contributed by atoms with Gasteiger partial charge < -0.3 is 5.32 Å². The van der Waals surface area contributed by atoms with Gasteiger partial charge in [-0.2, -0.15) is 5.10 Å². The molecule has 20 heavy (non-hydrogen) atoms. The molecule has 1 aromatic carbocycles. The maximum Gasteiger partial charge on any atom is 0.348 e. The number of fused-ring (bicyclic) bond motifs is 1. The van der Waals surface area contributed by atoms with Gasteiger partial charge in [-0.3, -0.25) is 0 Å². The van der Waals surface area contributed by atoms with Gasteiger partial charge in [-0.15, -0.1) is 0 Å². The molecule has 2 aromatic heterocycles. The summed E-state index contributed by atoms with van der Waals surface area (Å²) in [4.78, 5) is 15.3. The normalized spacial score (nSPS) is 10.9. The predicted octanol–water partition coefficient (Wildman–Crippen LogP) is 1.93. The predicted molar refractivity (Wildman–Crippen MR) is 75.0 cm³/mol. The van der Waals surface area contributed by atoms with Crippen LogP contribution in [0.1, 0.15) is 5.56 Å². The van der Waals surface area contributed by atoms with Crippen LogP contribution < -0.4 is 11.0 Å². The van der Waals surface area contributed by atoms with Crippen molar-refractivity contribution in [3.8, 4) is 0 Å². The molecule has 0 amide bonds. The van der Waals surface area contributed by atoms with Gasteiger partial charge in [0.2, 0.25) is 0 Å². The lowest BCUT2D eigenvalue weighted by atomic mass is 10.2. The Morgan fingerprint density at radius 3 is 3.10 bits per heavy atom. The minimum Gasteiger partial charge on any atom is -0.366 e. The van der Waals surface area contributed by atoms with Crippen molar-refractivity contribution >= 4 is 27.4 Å². The van der Waals surface area contributed by atoms with Crippen molar-refractivity contribution in [2.75, 3.05) is 5.32 Å². The average Bonchev–Trinajstić information content (AvgIpc) is 2.81. The zero-order valence-corrected chi connectivity index (χ0v) is 11.7. The summed E-state index contributed by atoms with van der Waals surface area (Å²) in [6, 6.07) is 6.33. The van der Waals surface area contributed by atoms with Gasteiger partial charge in [0.25, 0.3) is 0 Å². The molecule has 0 unspecified atom stereocenters. The molecule has 0 fully saturated rings. The standard InChI is InChI=1S/C12H9BrFN5O/c13-8-1-2-9(14)7(3-8)5-15-10-4-11-17-18-12(20)19(11)6-16-10/h1-4,6,15H,5H2,(H,18,20). The Morgan fingerprint density at radius 1 is 1.40 bits per heavy atom. The Kier molecular flexibility index (Phi) is 3.23. The summed E-state index contributed by atoms with van der Waals surface area (Å²) >= 11 is 3.30. The van der Waals surface area contributed by atoms with Gasteiger partial charge in [0.05, 0.1) is 0 Å². The van der Waals surface area contributed by atoms with Gasteiger partial charge in [0.15, 0.2) is 5.65 Å². The molecular weight excluding hydrogens is 329 g/mol. The van der Waals surface area contributed by atoms with E-state index < -0.39 is 0 Å². The van der Waals surface area contributed by atoms with Crippen LogP contribution in [0, 0.1) is 5.82 Å². The third-order valence-electron chi connectivity index (χ3n) is 2.78. The van der Waals surface area contributed by atoms with Gasteiger partial charge in [-0.1, -0.05) is 15.9 Å². The molecule has 0 aliphatic rings. The minimum absolute atomic E-state index is 0.281. The lowest BCUT2D eigenvalue weighted by Crippen LogP contribution is -2.10. The first-order chi connectivity index (χ1) is 9.63. The first kappa shape index (κ1) is 12.8. The third-order valence-corrected chi connectivity index (χ3v) is 3.27. The van der Waals surface area contributed by atoms with Crippen LogP contribution in [0.2, 0.25) is 0 Å². The maximum absolute atomic E-state index is 13.6. The lowest BCUT2D eigenvalue weighted by Gasteiger charge is -2.07. The van der Waals surface area contributed by atoms with E-state index in [1.54, 1.807) is 18.2 Å². The fourth-order valence-electron chi connectivity index (χ4n) is 1.77. The second kappa shape index (κ2) is 5.04. The Labute approximate surface area is 120 Å². The molecule has 6 nitrogen and oxygen atoms in total. The molecule has 0 aliphatic heterocycles. The third kappa shape index (κ3) is 2.42. The number of rotatable bonds is 3. The number of halogens is 2. The molecule has 0 bridgehead atoms. The van der Waals surface area contributed by atoms with Gasteiger partial charge >= 0.3 is 5.69 Å². The van der Waals surface area contributed by atoms with Crippen LogP contribution in [0.3, 0.4) is 0 Å². The topological polar surface area (TPSA) is 75.1 Å². The molecule has 0 saturated heterocycles. The molecule has 0 saturated carbocycles. The Balaban J connectivity index is 1.83. The highest BCUT2D eigenvalue weighted by molar-refractivity contribution is 9.10. The molecule has 2 N–H and O–H groups in total. The molecule has 8 heteroatoms. The number of anilines is 1. The van der Waals surface area contributed by atoms with E-state index >= 15 is 0 Å². The summed E-state index contributed by atoms with van der Waals surface area (Å²) < 4.78 is 15.7. The fraction of sp³-hybridized carbons (Fsp3) is 0.0833. The van der Waals surface area contributed by atoms with Gasteiger partial charge in [-0.05, 0) is 18.2 Å². The summed E-state index contributed by atoms with van der Waals surface area (Å²) in [5.74, 6) is 0.216. The first-order valence-electron chi connectivity index (χ1n) is 5.74. The van der Waals surface area contributed by atoms with Crippen LogP contribution in [-0.2, 0) is 6.54 Å². The highest BCUT2D eigenvalue weighted by Crippen LogP contribution is 2.16.